The molecule has 5 rings (SSSR count). The van der Waals surface area contributed by atoms with Crippen LogP contribution < -0.4 is 15.1 Å². The molecule has 2 unspecified atom stereocenters. The number of alkyl halides is 2. The zero-order chi connectivity index (χ0) is 32.7. The molecule has 2 atom stereocenters. The number of aryl methyl sites for hydroxylation is 1. The van der Waals surface area contributed by atoms with E-state index in [4.69, 9.17) is 4.74 Å². The molecule has 1 aliphatic heterocycles. The molecule has 3 aromatic rings. The number of rotatable bonds is 8. The average molecular weight is 622 g/mol. The largest absolute Gasteiger partial charge is 0.446 e. The maximum absolute atomic E-state index is 15.2. The Morgan fingerprint density at radius 2 is 1.91 bits per heavy atom. The Morgan fingerprint density at radius 1 is 1.20 bits per heavy atom. The Morgan fingerprint density at radius 3 is 2.56 bits per heavy atom. The third kappa shape index (κ3) is 6.46. The van der Waals surface area contributed by atoms with Crippen molar-refractivity contribution in [3.8, 4) is 6.07 Å². The zero-order valence-corrected chi connectivity index (χ0v) is 24.6. The predicted molar refractivity (Wildman–Crippen MR) is 156 cm³/mol. The third-order valence-electron chi connectivity index (χ3n) is 7.81. The van der Waals surface area contributed by atoms with Crippen LogP contribution in [0.3, 0.4) is 0 Å². The second-order valence-corrected chi connectivity index (χ2v) is 11.7. The van der Waals surface area contributed by atoms with Crippen molar-refractivity contribution in [2.24, 2.45) is 0 Å². The molecule has 45 heavy (non-hydrogen) atoms. The second-order valence-electron chi connectivity index (χ2n) is 11.7. The van der Waals surface area contributed by atoms with Crippen LogP contribution >= 0.6 is 0 Å². The van der Waals surface area contributed by atoms with Gasteiger partial charge in [-0.05, 0) is 67.8 Å². The highest BCUT2D eigenvalue weighted by Gasteiger charge is 2.49. The molecule has 2 heterocycles. The van der Waals surface area contributed by atoms with E-state index in [0.29, 0.717) is 11.1 Å². The van der Waals surface area contributed by atoms with Gasteiger partial charge in [-0.15, -0.1) is 0 Å². The van der Waals surface area contributed by atoms with E-state index in [-0.39, 0.29) is 22.6 Å². The molecule has 0 radical (unpaired) electrons. The summed E-state index contributed by atoms with van der Waals surface area (Å²) in [4.78, 5) is 47.7. The van der Waals surface area contributed by atoms with Gasteiger partial charge in [0.15, 0.2) is 6.04 Å². The summed E-state index contributed by atoms with van der Waals surface area (Å²) in [6.07, 6.45) is -0.842. The first-order valence-electron chi connectivity index (χ1n) is 14.1. The van der Waals surface area contributed by atoms with Gasteiger partial charge in [-0.1, -0.05) is 24.3 Å². The first-order chi connectivity index (χ1) is 21.2. The van der Waals surface area contributed by atoms with Crippen molar-refractivity contribution in [2.45, 2.75) is 63.3 Å². The van der Waals surface area contributed by atoms with Gasteiger partial charge in [-0.2, -0.15) is 5.26 Å². The summed E-state index contributed by atoms with van der Waals surface area (Å²) in [6, 6.07) is 10.8. The number of benzene rings is 2. The summed E-state index contributed by atoms with van der Waals surface area (Å²) in [5.41, 5.74) is -0.604. The summed E-state index contributed by atoms with van der Waals surface area (Å²) in [6.45, 7) is 4.05. The minimum absolute atomic E-state index is 0.0696. The molecule has 234 valence electrons. The topological polar surface area (TPSA) is 136 Å². The second kappa shape index (κ2) is 11.9. The highest BCUT2D eigenvalue weighted by atomic mass is 19.3. The summed E-state index contributed by atoms with van der Waals surface area (Å²) >= 11 is 0. The van der Waals surface area contributed by atoms with Crippen LogP contribution in [0.5, 0.6) is 0 Å². The number of carbonyl (C=O) groups is 3. The van der Waals surface area contributed by atoms with Crippen LogP contribution in [0.25, 0.3) is 0 Å². The highest BCUT2D eigenvalue weighted by Crippen LogP contribution is 2.39. The Hall–Kier alpha value is -4.96. The van der Waals surface area contributed by atoms with E-state index in [1.54, 1.807) is 31.2 Å². The number of carbonyl (C=O) groups excluding carboxylic acids is 3. The molecule has 2 fully saturated rings. The smallest absolute Gasteiger partial charge is 0.416 e. The van der Waals surface area contributed by atoms with Crippen molar-refractivity contribution in [2.75, 3.05) is 16.4 Å². The highest BCUT2D eigenvalue weighted by molar-refractivity contribution is 6.09. The van der Waals surface area contributed by atoms with Gasteiger partial charge in [0.1, 0.15) is 24.3 Å². The van der Waals surface area contributed by atoms with Gasteiger partial charge in [0.25, 0.3) is 11.8 Å². The normalized spacial score (nSPS) is 18.4. The molecular formula is C32H30F3N5O5. The molecule has 1 saturated heterocycles. The first-order valence-corrected chi connectivity index (χ1v) is 14.1. The van der Waals surface area contributed by atoms with E-state index >= 15 is 4.39 Å². The first kappa shape index (κ1) is 31.5. The van der Waals surface area contributed by atoms with Gasteiger partial charge < -0.3 is 15.2 Å². The quantitative estimate of drug-likeness (QED) is 0.374. The van der Waals surface area contributed by atoms with Crippen LogP contribution in [0.4, 0.5) is 29.5 Å². The number of amides is 3. The van der Waals surface area contributed by atoms with Gasteiger partial charge in [0.2, 0.25) is 5.91 Å². The third-order valence-corrected chi connectivity index (χ3v) is 7.81. The molecule has 1 aromatic heterocycles. The van der Waals surface area contributed by atoms with Gasteiger partial charge in [0, 0.05) is 30.8 Å². The number of nitrogens with zero attached hydrogens (tertiary/aromatic N) is 4. The number of cyclic esters (lactones) is 1. The minimum Gasteiger partial charge on any atom is -0.446 e. The predicted octanol–water partition coefficient (Wildman–Crippen LogP) is 4.64. The Balaban J connectivity index is 1.68. The van der Waals surface area contributed by atoms with Crippen molar-refractivity contribution in [3.05, 3.63) is 88.9 Å². The molecule has 0 spiro atoms. The maximum atomic E-state index is 15.2. The van der Waals surface area contributed by atoms with Crippen molar-refractivity contribution in [1.82, 2.24) is 10.3 Å². The number of hydrogen-bond acceptors (Lipinski definition) is 7. The lowest BCUT2D eigenvalue weighted by molar-refractivity contribution is -0.133. The molecule has 1 saturated carbocycles. The molecule has 3 amide bonds. The fourth-order valence-corrected chi connectivity index (χ4v) is 5.44. The SMILES string of the molecule is Cc1ccccc1C(C(=O)NC1CC(F)(F)C1)N(C(=O)C1COC(=O)N1c1cc(C#N)ccn1)c1cc(F)cc(C(C)(C)O)c1. The van der Waals surface area contributed by atoms with Gasteiger partial charge >= 0.3 is 6.09 Å². The van der Waals surface area contributed by atoms with Crippen molar-refractivity contribution in [1.29, 1.82) is 5.26 Å². The average Bonchev–Trinajstić information content (AvgIpc) is 3.35. The van der Waals surface area contributed by atoms with E-state index in [0.717, 1.165) is 21.9 Å². The molecule has 0 bridgehead atoms. The van der Waals surface area contributed by atoms with Crippen LogP contribution in [0, 0.1) is 24.1 Å². The van der Waals surface area contributed by atoms with Crippen LogP contribution in [0.1, 0.15) is 55.0 Å². The molecule has 10 nitrogen and oxygen atoms in total. The fraction of sp³-hybridized carbons (Fsp3) is 0.344. The van der Waals surface area contributed by atoms with Gasteiger partial charge in [-0.3, -0.25) is 14.5 Å². The van der Waals surface area contributed by atoms with Crippen LogP contribution in [-0.4, -0.2) is 52.6 Å². The summed E-state index contributed by atoms with van der Waals surface area (Å²) < 4.78 is 47.8. The number of pyridine rings is 1. The van der Waals surface area contributed by atoms with Crippen molar-refractivity contribution < 1.29 is 37.4 Å². The molecule has 13 heteroatoms. The van der Waals surface area contributed by atoms with E-state index in [2.05, 4.69) is 10.3 Å². The summed E-state index contributed by atoms with van der Waals surface area (Å²) in [7, 11) is 0. The molecule has 2 aliphatic rings. The van der Waals surface area contributed by atoms with Crippen molar-refractivity contribution in [3.63, 3.8) is 0 Å². The van der Waals surface area contributed by atoms with Gasteiger partial charge in [-0.25, -0.2) is 27.8 Å². The van der Waals surface area contributed by atoms with Crippen LogP contribution in [0.15, 0.2) is 60.8 Å². The Kier molecular flexibility index (Phi) is 8.29. The lowest BCUT2D eigenvalue weighted by Crippen LogP contribution is -2.56. The number of aliphatic hydroxyl groups is 1. The van der Waals surface area contributed by atoms with E-state index < -0.39 is 72.8 Å². The Labute approximate surface area is 257 Å². The van der Waals surface area contributed by atoms with Gasteiger partial charge in [0.05, 0.1) is 17.2 Å². The van der Waals surface area contributed by atoms with E-state index in [9.17, 15) is 33.5 Å². The maximum Gasteiger partial charge on any atom is 0.416 e. The monoisotopic (exact) mass is 621 g/mol. The molecule has 1 aliphatic carbocycles. The number of anilines is 2. The molecule has 2 N–H and O–H groups in total. The Bertz CT molecular complexity index is 1690. The van der Waals surface area contributed by atoms with Crippen LogP contribution in [0.2, 0.25) is 0 Å². The fourth-order valence-electron chi connectivity index (χ4n) is 5.44. The summed E-state index contributed by atoms with van der Waals surface area (Å²) in [5, 5.41) is 22.7. The number of nitriles is 1. The number of hydrogen-bond donors (Lipinski definition) is 2. The molecule has 2 aromatic carbocycles. The standard InChI is InChI=1S/C32H30F3N5O5/c1-18-6-4-5-7-24(18)27(28(41)38-22-14-32(34,35)15-22)39(23-12-20(31(2,3)44)11-21(33)13-23)29(42)25-17-45-30(43)40(25)26-10-19(16-36)8-9-37-26/h4-13,22,25,27,44H,14-15,17H2,1-3H3,(H,38,41). The van der Waals surface area contributed by atoms with Crippen LogP contribution in [-0.2, 0) is 19.9 Å². The minimum atomic E-state index is -2.94. The number of halogens is 3. The lowest BCUT2D eigenvalue weighted by Gasteiger charge is -2.39. The van der Waals surface area contributed by atoms with E-state index in [1.807, 2.05) is 6.07 Å². The van der Waals surface area contributed by atoms with Crippen molar-refractivity contribution >= 4 is 29.4 Å². The molecular weight excluding hydrogens is 591 g/mol. The summed E-state index contributed by atoms with van der Waals surface area (Å²) in [5.74, 6) is -5.54. The number of ether oxygens (including phenoxy) is 1. The number of nitrogens with one attached hydrogen (secondary N) is 1. The van der Waals surface area contributed by atoms with E-state index in [1.165, 1.54) is 38.2 Å². The number of aromatic nitrogens is 1. The zero-order valence-electron chi connectivity index (χ0n) is 24.6. The lowest BCUT2D eigenvalue weighted by atomic mass is 9.87.